The molecule has 0 fully saturated rings. The Bertz CT molecular complexity index is 294. The fourth-order valence-corrected chi connectivity index (χ4v) is 1.76. The van der Waals surface area contributed by atoms with Crippen molar-refractivity contribution in [3.8, 4) is 0 Å². The van der Waals surface area contributed by atoms with E-state index >= 15 is 0 Å². The molecule has 0 aliphatic heterocycles. The summed E-state index contributed by atoms with van der Waals surface area (Å²) in [5.41, 5.74) is 0. The smallest absolute Gasteiger partial charge is 0.304 e. The first-order chi connectivity index (χ1) is 5.87. The minimum atomic E-state index is -3.58. The molecular formula is C6H11NO5S. The number of rotatable bonds is 5. The summed E-state index contributed by atoms with van der Waals surface area (Å²) in [5.74, 6) is -2.99. The highest BCUT2D eigenvalue weighted by Crippen LogP contribution is 1.93. The van der Waals surface area contributed by atoms with Crippen LogP contribution in [0.4, 0.5) is 0 Å². The molecule has 0 rings (SSSR count). The summed E-state index contributed by atoms with van der Waals surface area (Å²) >= 11 is 0. The molecule has 0 aromatic carbocycles. The molecule has 6 nitrogen and oxygen atoms in total. The van der Waals surface area contributed by atoms with Crippen LogP contribution in [0.25, 0.3) is 0 Å². The molecule has 0 atom stereocenters. The Kier molecular flexibility index (Phi) is 4.39. The lowest BCUT2D eigenvalue weighted by atomic mass is 10.5. The van der Waals surface area contributed by atoms with Crippen molar-refractivity contribution < 1.29 is 23.1 Å². The van der Waals surface area contributed by atoms with E-state index in [-0.39, 0.29) is 0 Å². The van der Waals surface area contributed by atoms with Crippen molar-refractivity contribution in [3.05, 3.63) is 0 Å². The van der Waals surface area contributed by atoms with E-state index in [1.54, 1.807) is 0 Å². The first-order valence-electron chi connectivity index (χ1n) is 3.50. The van der Waals surface area contributed by atoms with E-state index in [1.165, 1.54) is 7.05 Å². The predicted molar refractivity (Wildman–Crippen MR) is 45.0 cm³/mol. The van der Waals surface area contributed by atoms with Crippen LogP contribution in [0.5, 0.6) is 0 Å². The second-order valence-corrected chi connectivity index (χ2v) is 4.59. The minimum absolute atomic E-state index is 0.473. The average Bonchev–Trinajstić information content (AvgIpc) is 2.00. The van der Waals surface area contributed by atoms with Crippen LogP contribution < -0.4 is 5.32 Å². The summed E-state index contributed by atoms with van der Waals surface area (Å²) in [6.07, 6.45) is -0.473. The van der Waals surface area contributed by atoms with E-state index in [4.69, 9.17) is 5.11 Å². The fourth-order valence-electron chi connectivity index (χ4n) is 0.587. The highest BCUT2D eigenvalue weighted by Gasteiger charge is 2.16. The Morgan fingerprint density at radius 3 is 2.31 bits per heavy atom. The molecule has 0 heterocycles. The fraction of sp³-hybridized carbons (Fsp3) is 0.667. The van der Waals surface area contributed by atoms with Gasteiger partial charge in [0.05, 0.1) is 12.2 Å². The first kappa shape index (κ1) is 11.9. The van der Waals surface area contributed by atoms with E-state index < -0.39 is 39.6 Å². The Labute approximate surface area is 75.9 Å². The van der Waals surface area contributed by atoms with E-state index in [2.05, 4.69) is 5.32 Å². The summed E-state index contributed by atoms with van der Waals surface area (Å²) in [6.45, 7) is 0. The number of carboxylic acid groups (broad SMARTS) is 1. The van der Waals surface area contributed by atoms with Crippen LogP contribution in [-0.4, -0.2) is 44.0 Å². The van der Waals surface area contributed by atoms with Crippen molar-refractivity contribution >= 4 is 21.7 Å². The summed E-state index contributed by atoms with van der Waals surface area (Å²) in [7, 11) is -2.27. The van der Waals surface area contributed by atoms with Gasteiger partial charge in [0.15, 0.2) is 9.84 Å². The topological polar surface area (TPSA) is 101 Å². The first-order valence-corrected chi connectivity index (χ1v) is 5.32. The Morgan fingerprint density at radius 1 is 1.38 bits per heavy atom. The molecule has 0 aromatic heterocycles. The van der Waals surface area contributed by atoms with Crippen LogP contribution in [0, 0.1) is 0 Å². The van der Waals surface area contributed by atoms with Gasteiger partial charge in [-0.3, -0.25) is 9.59 Å². The molecule has 2 N–H and O–H groups in total. The number of carbonyl (C=O) groups is 2. The van der Waals surface area contributed by atoms with E-state index in [1.807, 2.05) is 0 Å². The molecule has 0 spiro atoms. The largest absolute Gasteiger partial charge is 0.481 e. The van der Waals surface area contributed by atoms with Crippen LogP contribution in [0.1, 0.15) is 6.42 Å². The molecule has 13 heavy (non-hydrogen) atoms. The van der Waals surface area contributed by atoms with E-state index in [9.17, 15) is 18.0 Å². The van der Waals surface area contributed by atoms with Gasteiger partial charge >= 0.3 is 5.97 Å². The molecule has 0 aromatic rings. The number of hydrogen-bond acceptors (Lipinski definition) is 4. The monoisotopic (exact) mass is 209 g/mol. The second-order valence-electron chi connectivity index (χ2n) is 2.41. The summed E-state index contributed by atoms with van der Waals surface area (Å²) in [4.78, 5) is 20.7. The van der Waals surface area contributed by atoms with Crippen LogP contribution in [-0.2, 0) is 19.4 Å². The maximum atomic E-state index is 11.0. The zero-order valence-electron chi connectivity index (χ0n) is 7.11. The van der Waals surface area contributed by atoms with Gasteiger partial charge in [0.25, 0.3) is 0 Å². The quantitative estimate of drug-likeness (QED) is 0.581. The third kappa shape index (κ3) is 6.09. The van der Waals surface area contributed by atoms with Crippen molar-refractivity contribution in [1.82, 2.24) is 5.32 Å². The molecule has 0 radical (unpaired) electrons. The van der Waals surface area contributed by atoms with Gasteiger partial charge in [0.2, 0.25) is 5.91 Å². The van der Waals surface area contributed by atoms with Gasteiger partial charge in [-0.2, -0.15) is 0 Å². The molecule has 0 unspecified atom stereocenters. The number of sulfone groups is 1. The van der Waals surface area contributed by atoms with Gasteiger partial charge < -0.3 is 10.4 Å². The average molecular weight is 209 g/mol. The van der Waals surface area contributed by atoms with E-state index in [0.717, 1.165) is 0 Å². The van der Waals surface area contributed by atoms with Crippen LogP contribution in [0.3, 0.4) is 0 Å². The zero-order valence-corrected chi connectivity index (χ0v) is 7.93. The molecule has 0 aliphatic rings. The highest BCUT2D eigenvalue weighted by molar-refractivity contribution is 7.92. The Balaban J connectivity index is 4.10. The normalized spacial score (nSPS) is 10.8. The van der Waals surface area contributed by atoms with Gasteiger partial charge in [0, 0.05) is 7.05 Å². The number of aliphatic carboxylic acids is 1. The van der Waals surface area contributed by atoms with Gasteiger partial charge in [0.1, 0.15) is 5.75 Å². The lowest BCUT2D eigenvalue weighted by molar-refractivity contribution is -0.136. The molecular weight excluding hydrogens is 198 g/mol. The third-order valence-electron chi connectivity index (χ3n) is 1.26. The summed E-state index contributed by atoms with van der Waals surface area (Å²) in [5, 5.41) is 10.3. The lowest BCUT2D eigenvalue weighted by Crippen LogP contribution is -2.28. The van der Waals surface area contributed by atoms with Crippen LogP contribution in [0.2, 0.25) is 0 Å². The molecule has 0 saturated heterocycles. The van der Waals surface area contributed by atoms with Gasteiger partial charge in [-0.05, 0) is 0 Å². The van der Waals surface area contributed by atoms with Gasteiger partial charge in [-0.25, -0.2) is 8.42 Å². The van der Waals surface area contributed by atoms with Gasteiger partial charge in [-0.15, -0.1) is 0 Å². The van der Waals surface area contributed by atoms with Crippen LogP contribution in [0.15, 0.2) is 0 Å². The summed E-state index contributed by atoms with van der Waals surface area (Å²) < 4.78 is 22.0. The number of carbonyl (C=O) groups excluding carboxylic acids is 1. The van der Waals surface area contributed by atoms with Crippen molar-refractivity contribution in [2.45, 2.75) is 6.42 Å². The summed E-state index contributed by atoms with van der Waals surface area (Å²) in [6, 6.07) is 0. The Hall–Kier alpha value is -1.11. The molecule has 76 valence electrons. The maximum absolute atomic E-state index is 11.0. The van der Waals surface area contributed by atoms with Crippen molar-refractivity contribution in [1.29, 1.82) is 0 Å². The predicted octanol–water partition coefficient (Wildman–Crippen LogP) is -1.38. The zero-order chi connectivity index (χ0) is 10.5. The molecule has 1 amide bonds. The SMILES string of the molecule is CNC(=O)CS(=O)(=O)CCC(=O)O. The molecule has 7 heteroatoms. The third-order valence-corrected chi connectivity index (χ3v) is 2.78. The minimum Gasteiger partial charge on any atom is -0.481 e. The molecule has 0 bridgehead atoms. The standard InChI is InChI=1S/C6H11NO5S/c1-7-5(8)4-13(11,12)3-2-6(9)10/h2-4H2,1H3,(H,7,8)(H,9,10). The van der Waals surface area contributed by atoms with Crippen molar-refractivity contribution in [3.63, 3.8) is 0 Å². The number of nitrogens with one attached hydrogen (secondary N) is 1. The lowest BCUT2D eigenvalue weighted by Gasteiger charge is -2.00. The Morgan fingerprint density at radius 2 is 1.92 bits per heavy atom. The highest BCUT2D eigenvalue weighted by atomic mass is 32.2. The molecule has 0 saturated carbocycles. The van der Waals surface area contributed by atoms with Crippen LogP contribution >= 0.6 is 0 Å². The second kappa shape index (κ2) is 4.80. The van der Waals surface area contributed by atoms with E-state index in [0.29, 0.717) is 0 Å². The van der Waals surface area contributed by atoms with Gasteiger partial charge in [-0.1, -0.05) is 0 Å². The van der Waals surface area contributed by atoms with Crippen molar-refractivity contribution in [2.75, 3.05) is 18.6 Å². The number of hydrogen-bond donors (Lipinski definition) is 2. The number of carboxylic acids is 1. The molecule has 0 aliphatic carbocycles. The van der Waals surface area contributed by atoms with Crippen molar-refractivity contribution in [2.24, 2.45) is 0 Å². The maximum Gasteiger partial charge on any atom is 0.304 e. The number of amides is 1.